The van der Waals surface area contributed by atoms with Crippen LogP contribution in [0.25, 0.3) is 0 Å². The maximum atomic E-state index is 10.4. The van der Waals surface area contributed by atoms with Gasteiger partial charge < -0.3 is 9.47 Å². The summed E-state index contributed by atoms with van der Waals surface area (Å²) in [5, 5.41) is 15.9. The number of ether oxygens (including phenoxy) is 2. The molecule has 0 radical (unpaired) electrons. The van der Waals surface area contributed by atoms with Gasteiger partial charge in [0.1, 0.15) is 12.5 Å². The van der Waals surface area contributed by atoms with E-state index >= 15 is 0 Å². The van der Waals surface area contributed by atoms with E-state index in [4.69, 9.17) is 10.5 Å². The van der Waals surface area contributed by atoms with Crippen LogP contribution in [0.2, 0.25) is 0 Å². The van der Waals surface area contributed by atoms with Gasteiger partial charge in [0.15, 0.2) is 0 Å². The molecule has 5 nitrogen and oxygen atoms in total. The summed E-state index contributed by atoms with van der Waals surface area (Å²) in [6.45, 7) is 0. The summed E-state index contributed by atoms with van der Waals surface area (Å²) in [6.07, 6.45) is 2.68. The lowest BCUT2D eigenvalue weighted by atomic mass is 10.7. The Bertz CT molecular complexity index is 252. The number of carbonyl (C=O) groups is 1. The van der Waals surface area contributed by atoms with E-state index in [1.54, 1.807) is 12.1 Å². The number of rotatable bonds is 2. The maximum Gasteiger partial charge on any atom is 0.518 e. The molecule has 60 valence electrons. The summed E-state index contributed by atoms with van der Waals surface area (Å²) in [6, 6.07) is 3.21. The minimum Gasteiger partial charge on any atom is -0.402 e. The summed E-state index contributed by atoms with van der Waals surface area (Å²) in [7, 11) is 0. The molecule has 0 atom stereocenters. The van der Waals surface area contributed by atoms with Gasteiger partial charge in [-0.1, -0.05) is 0 Å². The van der Waals surface area contributed by atoms with E-state index in [2.05, 4.69) is 9.47 Å². The Morgan fingerprint density at radius 1 is 1.08 bits per heavy atom. The monoisotopic (exact) mass is 164 g/mol. The fourth-order valence-corrected chi connectivity index (χ4v) is 0.268. The molecule has 0 bridgehead atoms. The predicted octanol–water partition coefficient (Wildman–Crippen LogP) is 1.21. The van der Waals surface area contributed by atoms with Gasteiger partial charge in [-0.25, -0.2) is 4.79 Å². The second kappa shape index (κ2) is 6.84. The van der Waals surface area contributed by atoms with Crippen LogP contribution in [0.1, 0.15) is 0 Å². The highest BCUT2D eigenvalue weighted by Crippen LogP contribution is 1.86. The molecule has 0 unspecified atom stereocenters. The zero-order chi connectivity index (χ0) is 9.23. The molecule has 0 aliphatic rings. The summed E-state index contributed by atoms with van der Waals surface area (Å²) in [4.78, 5) is 10.4. The zero-order valence-electron chi connectivity index (χ0n) is 5.93. The molecule has 0 aliphatic heterocycles. The summed E-state index contributed by atoms with van der Waals surface area (Å²) in [5.41, 5.74) is 0. The van der Waals surface area contributed by atoms with Gasteiger partial charge >= 0.3 is 6.16 Å². The molecule has 0 aromatic rings. The van der Waals surface area contributed by atoms with Gasteiger partial charge in [-0.2, -0.15) is 10.5 Å². The molecule has 12 heavy (non-hydrogen) atoms. The summed E-state index contributed by atoms with van der Waals surface area (Å²) < 4.78 is 8.41. The molecule has 5 heteroatoms. The first-order valence-corrected chi connectivity index (χ1v) is 2.78. The maximum absolute atomic E-state index is 10.4. The first-order valence-electron chi connectivity index (χ1n) is 2.78. The molecule has 0 N–H and O–H groups in total. The lowest BCUT2D eigenvalue weighted by Crippen LogP contribution is -1.97. The van der Waals surface area contributed by atoms with Crippen LogP contribution >= 0.6 is 0 Å². The standard InChI is InChI=1S/C7H4N2O3/c8-3-1-5-11-7(10)12-6-2-4-9/h1-2,5-6H. The molecule has 0 aromatic carbocycles. The Hall–Kier alpha value is -2.27. The predicted molar refractivity (Wildman–Crippen MR) is 37.1 cm³/mol. The zero-order valence-corrected chi connectivity index (χ0v) is 5.93. The first kappa shape index (κ1) is 9.73. The van der Waals surface area contributed by atoms with Crippen molar-refractivity contribution in [2.75, 3.05) is 0 Å². The van der Waals surface area contributed by atoms with E-state index < -0.39 is 6.16 Å². The minimum atomic E-state index is -1.01. The van der Waals surface area contributed by atoms with Crippen LogP contribution < -0.4 is 0 Å². The van der Waals surface area contributed by atoms with Gasteiger partial charge in [-0.3, -0.25) is 0 Å². The fraction of sp³-hybridized carbons (Fsp3) is 0. The Kier molecular flexibility index (Phi) is 5.55. The lowest BCUT2D eigenvalue weighted by Gasteiger charge is -1.92. The molecule has 0 fully saturated rings. The van der Waals surface area contributed by atoms with Crippen LogP contribution in [0.5, 0.6) is 0 Å². The highest BCUT2D eigenvalue weighted by Gasteiger charge is 1.95. The highest BCUT2D eigenvalue weighted by atomic mass is 16.7. The van der Waals surface area contributed by atoms with Gasteiger partial charge in [0, 0.05) is 0 Å². The van der Waals surface area contributed by atoms with Gasteiger partial charge in [0.2, 0.25) is 0 Å². The van der Waals surface area contributed by atoms with E-state index in [9.17, 15) is 4.79 Å². The van der Waals surface area contributed by atoms with Gasteiger partial charge in [-0.05, 0) is 0 Å². The average molecular weight is 164 g/mol. The number of allylic oxidation sites excluding steroid dienone is 2. The Balaban J connectivity index is 3.64. The van der Waals surface area contributed by atoms with E-state index in [0.717, 1.165) is 24.7 Å². The van der Waals surface area contributed by atoms with Crippen molar-refractivity contribution in [2.24, 2.45) is 0 Å². The van der Waals surface area contributed by atoms with Crippen LogP contribution in [0.15, 0.2) is 24.7 Å². The normalized spacial score (nSPS) is 9.17. The molecule has 0 spiro atoms. The Morgan fingerprint density at radius 3 is 1.83 bits per heavy atom. The van der Waals surface area contributed by atoms with E-state index in [-0.39, 0.29) is 0 Å². The number of carbonyl (C=O) groups excluding carboxylic acids is 1. The number of nitrogens with zero attached hydrogens (tertiary/aromatic N) is 2. The Labute approximate surface area is 68.7 Å². The third-order valence-corrected chi connectivity index (χ3v) is 0.614. The van der Waals surface area contributed by atoms with Crippen molar-refractivity contribution in [3.8, 4) is 12.1 Å². The second-order valence-electron chi connectivity index (χ2n) is 1.35. The largest absolute Gasteiger partial charge is 0.518 e. The number of hydrogen-bond acceptors (Lipinski definition) is 5. The van der Waals surface area contributed by atoms with Crippen LogP contribution in [0.4, 0.5) is 4.79 Å². The molecular formula is C7H4N2O3. The summed E-state index contributed by atoms with van der Waals surface area (Å²) >= 11 is 0. The van der Waals surface area contributed by atoms with E-state index in [1.165, 1.54) is 0 Å². The molecular weight excluding hydrogens is 160 g/mol. The van der Waals surface area contributed by atoms with Crippen molar-refractivity contribution in [3.05, 3.63) is 24.7 Å². The van der Waals surface area contributed by atoms with Gasteiger partial charge in [0.25, 0.3) is 0 Å². The fourth-order valence-electron chi connectivity index (χ4n) is 0.268. The van der Waals surface area contributed by atoms with Crippen molar-refractivity contribution >= 4 is 6.16 Å². The van der Waals surface area contributed by atoms with Crippen molar-refractivity contribution in [1.29, 1.82) is 10.5 Å². The molecule has 0 rings (SSSR count). The SMILES string of the molecule is N#CC=COC(=O)OC=CC#N. The quantitative estimate of drug-likeness (QED) is 0.348. The van der Waals surface area contributed by atoms with E-state index in [0.29, 0.717) is 0 Å². The molecule has 0 saturated heterocycles. The number of hydrogen-bond donors (Lipinski definition) is 0. The van der Waals surface area contributed by atoms with Gasteiger partial charge in [0.05, 0.1) is 24.3 Å². The smallest absolute Gasteiger partial charge is 0.402 e. The molecule has 0 aliphatic carbocycles. The van der Waals surface area contributed by atoms with Crippen LogP contribution in [-0.2, 0) is 9.47 Å². The van der Waals surface area contributed by atoms with Crippen LogP contribution in [-0.4, -0.2) is 6.16 Å². The topological polar surface area (TPSA) is 83.1 Å². The van der Waals surface area contributed by atoms with Crippen molar-refractivity contribution in [1.82, 2.24) is 0 Å². The summed E-state index contributed by atoms with van der Waals surface area (Å²) in [5.74, 6) is 0. The lowest BCUT2D eigenvalue weighted by molar-refractivity contribution is 0.120. The first-order chi connectivity index (χ1) is 5.81. The number of nitriles is 2. The second-order valence-corrected chi connectivity index (χ2v) is 1.35. The third kappa shape index (κ3) is 5.86. The molecule has 0 heterocycles. The van der Waals surface area contributed by atoms with Crippen LogP contribution in [0, 0.1) is 22.7 Å². The average Bonchev–Trinajstić information content (AvgIpc) is 2.06. The van der Waals surface area contributed by atoms with Crippen LogP contribution in [0.3, 0.4) is 0 Å². The Morgan fingerprint density at radius 2 is 1.50 bits per heavy atom. The van der Waals surface area contributed by atoms with Gasteiger partial charge in [-0.15, -0.1) is 0 Å². The molecule has 0 amide bonds. The molecule has 0 saturated carbocycles. The van der Waals surface area contributed by atoms with Crippen molar-refractivity contribution in [2.45, 2.75) is 0 Å². The van der Waals surface area contributed by atoms with E-state index in [1.807, 2.05) is 0 Å². The third-order valence-electron chi connectivity index (χ3n) is 0.614. The highest BCUT2D eigenvalue weighted by molar-refractivity contribution is 5.61. The minimum absolute atomic E-state index is 0.878. The van der Waals surface area contributed by atoms with Crippen molar-refractivity contribution in [3.63, 3.8) is 0 Å². The van der Waals surface area contributed by atoms with Crippen molar-refractivity contribution < 1.29 is 14.3 Å². The molecule has 0 aromatic heterocycles.